The summed E-state index contributed by atoms with van der Waals surface area (Å²) in [5, 5.41) is 10.0. The van der Waals surface area contributed by atoms with Gasteiger partial charge in [0.1, 0.15) is 17.6 Å². The van der Waals surface area contributed by atoms with E-state index < -0.39 is 0 Å². The Labute approximate surface area is 135 Å². The minimum absolute atomic E-state index is 0.0990. The first kappa shape index (κ1) is 16.8. The van der Waals surface area contributed by atoms with Crippen LogP contribution in [0.3, 0.4) is 0 Å². The number of allylic oxidation sites excluding steroid dienone is 1. The van der Waals surface area contributed by atoms with Crippen molar-refractivity contribution in [1.82, 2.24) is 20.2 Å². The molecule has 0 saturated heterocycles. The van der Waals surface area contributed by atoms with Crippen LogP contribution in [0.5, 0.6) is 0 Å². The maximum atomic E-state index is 5.36. The van der Waals surface area contributed by atoms with Crippen LogP contribution in [0.15, 0.2) is 24.6 Å². The van der Waals surface area contributed by atoms with E-state index >= 15 is 0 Å². The summed E-state index contributed by atoms with van der Waals surface area (Å²) >= 11 is 0. The topological polar surface area (TPSA) is 87.9 Å². The minimum Gasteiger partial charge on any atom is -0.499 e. The molecular weight excluding hydrogens is 294 g/mol. The van der Waals surface area contributed by atoms with Gasteiger partial charge in [-0.15, -0.1) is 0 Å². The van der Waals surface area contributed by atoms with Crippen molar-refractivity contribution in [3.8, 4) is 11.5 Å². The SMILES string of the molecule is C=Cc1nc(-c2[nH]ncc2NC)[nH]c1C/C=C(/OC)C(C)OC. The molecule has 0 fully saturated rings. The lowest BCUT2D eigenvalue weighted by Crippen LogP contribution is -2.10. The first-order valence-electron chi connectivity index (χ1n) is 7.34. The third-order valence-electron chi connectivity index (χ3n) is 3.65. The van der Waals surface area contributed by atoms with Crippen LogP contribution >= 0.6 is 0 Å². The van der Waals surface area contributed by atoms with Gasteiger partial charge in [-0.1, -0.05) is 6.58 Å². The maximum absolute atomic E-state index is 5.36. The highest BCUT2D eigenvalue weighted by molar-refractivity contribution is 5.70. The average molecular weight is 317 g/mol. The summed E-state index contributed by atoms with van der Waals surface area (Å²) in [5.74, 6) is 1.49. The van der Waals surface area contributed by atoms with Crippen molar-refractivity contribution in [1.29, 1.82) is 0 Å². The lowest BCUT2D eigenvalue weighted by Gasteiger charge is -2.12. The van der Waals surface area contributed by atoms with Gasteiger partial charge in [0.25, 0.3) is 0 Å². The summed E-state index contributed by atoms with van der Waals surface area (Å²) in [6.45, 7) is 5.76. The van der Waals surface area contributed by atoms with Crippen LogP contribution in [0.1, 0.15) is 18.3 Å². The molecule has 23 heavy (non-hydrogen) atoms. The fourth-order valence-corrected chi connectivity index (χ4v) is 2.26. The molecular formula is C16H23N5O2. The number of H-pyrrole nitrogens is 2. The molecule has 2 aromatic rings. The molecule has 1 unspecified atom stereocenters. The van der Waals surface area contributed by atoms with E-state index in [-0.39, 0.29) is 6.10 Å². The Hall–Kier alpha value is -2.54. The Morgan fingerprint density at radius 2 is 2.26 bits per heavy atom. The highest BCUT2D eigenvalue weighted by Gasteiger charge is 2.14. The molecule has 7 heteroatoms. The van der Waals surface area contributed by atoms with Gasteiger partial charge >= 0.3 is 0 Å². The number of rotatable bonds is 8. The molecule has 0 bridgehead atoms. The second-order valence-electron chi connectivity index (χ2n) is 4.95. The third-order valence-corrected chi connectivity index (χ3v) is 3.65. The molecule has 2 rings (SSSR count). The van der Waals surface area contributed by atoms with E-state index in [0.29, 0.717) is 12.2 Å². The molecule has 2 aromatic heterocycles. The monoisotopic (exact) mass is 317 g/mol. The Kier molecular flexibility index (Phi) is 5.59. The summed E-state index contributed by atoms with van der Waals surface area (Å²) in [5.41, 5.74) is 3.43. The van der Waals surface area contributed by atoms with E-state index in [2.05, 4.69) is 32.1 Å². The van der Waals surface area contributed by atoms with Crippen molar-refractivity contribution < 1.29 is 9.47 Å². The first-order valence-corrected chi connectivity index (χ1v) is 7.34. The van der Waals surface area contributed by atoms with Crippen LogP contribution in [0.4, 0.5) is 5.69 Å². The second kappa shape index (κ2) is 7.64. The highest BCUT2D eigenvalue weighted by atomic mass is 16.5. The largest absolute Gasteiger partial charge is 0.499 e. The Bertz CT molecular complexity index is 686. The molecule has 2 heterocycles. The fourth-order valence-electron chi connectivity index (χ4n) is 2.26. The van der Waals surface area contributed by atoms with Crippen LogP contribution in [0.25, 0.3) is 17.6 Å². The van der Waals surface area contributed by atoms with Gasteiger partial charge in [-0.3, -0.25) is 5.10 Å². The quantitative estimate of drug-likeness (QED) is 0.651. The molecule has 0 radical (unpaired) electrons. The minimum atomic E-state index is -0.0990. The number of anilines is 1. The summed E-state index contributed by atoms with van der Waals surface area (Å²) in [7, 11) is 5.13. The highest BCUT2D eigenvalue weighted by Crippen LogP contribution is 2.24. The summed E-state index contributed by atoms with van der Waals surface area (Å²) in [6, 6.07) is 0. The molecule has 1 atom stereocenters. The smallest absolute Gasteiger partial charge is 0.158 e. The van der Waals surface area contributed by atoms with Crippen LogP contribution in [0.2, 0.25) is 0 Å². The fraction of sp³-hybridized carbons (Fsp3) is 0.375. The Morgan fingerprint density at radius 3 is 2.87 bits per heavy atom. The number of nitrogens with zero attached hydrogens (tertiary/aromatic N) is 2. The molecule has 0 saturated carbocycles. The zero-order valence-electron chi connectivity index (χ0n) is 13.9. The van der Waals surface area contributed by atoms with Gasteiger partial charge in [-0.25, -0.2) is 4.98 Å². The normalized spacial score (nSPS) is 13.0. The van der Waals surface area contributed by atoms with E-state index in [0.717, 1.165) is 28.5 Å². The number of methoxy groups -OCH3 is 2. The predicted octanol–water partition coefficient (Wildman–Crippen LogP) is 2.59. The molecule has 124 valence electrons. The second-order valence-corrected chi connectivity index (χ2v) is 4.95. The zero-order valence-corrected chi connectivity index (χ0v) is 13.9. The third kappa shape index (κ3) is 3.62. The van der Waals surface area contributed by atoms with Gasteiger partial charge in [0.15, 0.2) is 5.82 Å². The first-order chi connectivity index (χ1) is 11.1. The van der Waals surface area contributed by atoms with Crippen molar-refractivity contribution >= 4 is 11.8 Å². The summed E-state index contributed by atoms with van der Waals surface area (Å²) in [6.07, 6.45) is 5.95. The van der Waals surface area contributed by atoms with Crippen molar-refractivity contribution in [2.75, 3.05) is 26.6 Å². The lowest BCUT2D eigenvalue weighted by molar-refractivity contribution is 0.0910. The van der Waals surface area contributed by atoms with E-state index in [4.69, 9.17) is 9.47 Å². The molecule has 0 aliphatic carbocycles. The Morgan fingerprint density at radius 1 is 1.48 bits per heavy atom. The van der Waals surface area contributed by atoms with E-state index in [9.17, 15) is 0 Å². The van der Waals surface area contributed by atoms with E-state index in [1.165, 1.54) is 0 Å². The molecule has 7 nitrogen and oxygen atoms in total. The van der Waals surface area contributed by atoms with Crippen LogP contribution in [-0.2, 0) is 15.9 Å². The molecule has 3 N–H and O–H groups in total. The molecule has 0 aromatic carbocycles. The molecule has 0 aliphatic heterocycles. The number of hydrogen-bond acceptors (Lipinski definition) is 5. The summed E-state index contributed by atoms with van der Waals surface area (Å²) < 4.78 is 10.6. The van der Waals surface area contributed by atoms with Gasteiger partial charge in [-0.05, 0) is 19.1 Å². The number of aromatic nitrogens is 4. The molecule has 0 spiro atoms. The maximum Gasteiger partial charge on any atom is 0.158 e. The predicted molar refractivity (Wildman–Crippen MR) is 91.1 cm³/mol. The van der Waals surface area contributed by atoms with Gasteiger partial charge in [0.05, 0.1) is 24.7 Å². The zero-order chi connectivity index (χ0) is 16.8. The van der Waals surface area contributed by atoms with Crippen LogP contribution < -0.4 is 5.32 Å². The average Bonchev–Trinajstić information content (AvgIpc) is 3.20. The van der Waals surface area contributed by atoms with Crippen molar-refractivity contribution in [3.63, 3.8) is 0 Å². The number of nitrogens with one attached hydrogen (secondary N) is 3. The van der Waals surface area contributed by atoms with Crippen LogP contribution in [-0.4, -0.2) is 47.5 Å². The number of aromatic amines is 2. The standard InChI is InChI=1S/C16H23N5O2/c1-6-11-12(7-8-14(23-5)10(2)22-4)20-16(19-11)15-13(17-3)9-18-21-15/h6,8-10,17H,1,7H2,2-5H3,(H,18,21)(H,19,20)/b14-8+. The summed E-state index contributed by atoms with van der Waals surface area (Å²) in [4.78, 5) is 7.87. The lowest BCUT2D eigenvalue weighted by atomic mass is 10.2. The number of imidazole rings is 1. The van der Waals surface area contributed by atoms with Crippen molar-refractivity contribution in [3.05, 3.63) is 36.0 Å². The number of hydrogen-bond donors (Lipinski definition) is 3. The van der Waals surface area contributed by atoms with Crippen molar-refractivity contribution in [2.24, 2.45) is 0 Å². The van der Waals surface area contributed by atoms with Gasteiger partial charge in [0.2, 0.25) is 0 Å². The molecule has 0 aliphatic rings. The van der Waals surface area contributed by atoms with Gasteiger partial charge in [0, 0.05) is 26.3 Å². The van der Waals surface area contributed by atoms with Gasteiger partial charge < -0.3 is 19.8 Å². The van der Waals surface area contributed by atoms with Gasteiger partial charge in [-0.2, -0.15) is 5.10 Å². The number of ether oxygens (including phenoxy) is 2. The van der Waals surface area contributed by atoms with E-state index in [1.54, 1.807) is 26.5 Å². The van der Waals surface area contributed by atoms with E-state index in [1.807, 2.05) is 20.0 Å². The van der Waals surface area contributed by atoms with Crippen molar-refractivity contribution in [2.45, 2.75) is 19.4 Å². The van der Waals surface area contributed by atoms with Crippen LogP contribution in [0, 0.1) is 0 Å². The Balaban J connectivity index is 2.30. The molecule has 0 amide bonds.